The normalized spacial score (nSPS) is 18.9. The molecule has 10 heteroatoms. The van der Waals surface area contributed by atoms with E-state index in [1.54, 1.807) is 4.68 Å². The largest absolute Gasteiger partial charge is 0.468 e. The lowest BCUT2D eigenvalue weighted by Crippen LogP contribution is -2.48. The zero-order valence-electron chi connectivity index (χ0n) is 19.4. The summed E-state index contributed by atoms with van der Waals surface area (Å²) in [7, 11) is -2.40. The van der Waals surface area contributed by atoms with Crippen molar-refractivity contribution in [3.05, 3.63) is 83.2 Å². The highest BCUT2D eigenvalue weighted by atomic mass is 32.2. The molecule has 2 heterocycles. The molecule has 9 nitrogen and oxygen atoms in total. The summed E-state index contributed by atoms with van der Waals surface area (Å²) < 4.78 is 34.3. The number of aromatic nitrogens is 3. The van der Waals surface area contributed by atoms with Crippen LogP contribution in [0.5, 0.6) is 0 Å². The van der Waals surface area contributed by atoms with Crippen molar-refractivity contribution in [1.29, 1.82) is 0 Å². The molecule has 3 aromatic rings. The first-order valence-corrected chi connectivity index (χ1v) is 12.7. The molecule has 0 saturated carbocycles. The maximum Gasteiger partial charge on any atom is 0.325 e. The number of benzene rings is 2. The first kappa shape index (κ1) is 24.1. The van der Waals surface area contributed by atoms with E-state index in [0.29, 0.717) is 18.8 Å². The smallest absolute Gasteiger partial charge is 0.325 e. The Kier molecular flexibility index (Phi) is 7.40. The van der Waals surface area contributed by atoms with Crippen LogP contribution in [0.4, 0.5) is 0 Å². The minimum atomic E-state index is -3.68. The average Bonchev–Trinajstić information content (AvgIpc) is 3.23. The fourth-order valence-corrected chi connectivity index (χ4v) is 5.63. The minimum Gasteiger partial charge on any atom is -0.468 e. The van der Waals surface area contributed by atoms with E-state index in [1.807, 2.05) is 48.4 Å². The third kappa shape index (κ3) is 5.88. The molecule has 0 N–H and O–H groups in total. The predicted octanol–water partition coefficient (Wildman–Crippen LogP) is 1.82. The van der Waals surface area contributed by atoms with Gasteiger partial charge in [-0.2, -0.15) is 4.31 Å². The quantitative estimate of drug-likeness (QED) is 0.473. The number of nitrogens with zero attached hydrogens (tertiary/aromatic N) is 5. The molecule has 1 aromatic heterocycles. The molecular weight excluding hydrogens is 454 g/mol. The molecule has 0 bridgehead atoms. The van der Waals surface area contributed by atoms with Crippen LogP contribution < -0.4 is 0 Å². The Hall–Kier alpha value is -3.08. The Morgan fingerprint density at radius 1 is 1.03 bits per heavy atom. The van der Waals surface area contributed by atoms with Crippen LogP contribution in [0.2, 0.25) is 0 Å². The molecule has 1 saturated heterocycles. The Labute approximate surface area is 200 Å². The highest BCUT2D eigenvalue weighted by Crippen LogP contribution is 2.21. The molecule has 0 spiro atoms. The second-order valence-electron chi connectivity index (χ2n) is 8.51. The minimum absolute atomic E-state index is 0.0924. The van der Waals surface area contributed by atoms with Crippen LogP contribution in [0.25, 0.3) is 0 Å². The van der Waals surface area contributed by atoms with Crippen LogP contribution in [0.1, 0.15) is 22.4 Å². The molecule has 2 aromatic carbocycles. The molecule has 180 valence electrons. The van der Waals surface area contributed by atoms with Gasteiger partial charge in [0.05, 0.1) is 31.3 Å². The summed E-state index contributed by atoms with van der Waals surface area (Å²) >= 11 is 0. The fourth-order valence-electron chi connectivity index (χ4n) is 4.02. The number of methoxy groups -OCH3 is 1. The van der Waals surface area contributed by atoms with Crippen molar-refractivity contribution in [2.24, 2.45) is 0 Å². The van der Waals surface area contributed by atoms with E-state index < -0.39 is 22.0 Å². The fraction of sp³-hybridized carbons (Fsp3) is 0.375. The van der Waals surface area contributed by atoms with Gasteiger partial charge >= 0.3 is 5.97 Å². The van der Waals surface area contributed by atoms with Gasteiger partial charge in [-0.3, -0.25) is 9.69 Å². The molecule has 1 aliphatic rings. The van der Waals surface area contributed by atoms with Gasteiger partial charge < -0.3 is 4.74 Å². The van der Waals surface area contributed by atoms with Crippen LogP contribution >= 0.6 is 0 Å². The summed E-state index contributed by atoms with van der Waals surface area (Å²) in [5.41, 5.74) is 3.84. The highest BCUT2D eigenvalue weighted by Gasteiger charge is 2.39. The third-order valence-corrected chi connectivity index (χ3v) is 7.69. The molecule has 1 fully saturated rings. The number of sulfonamides is 1. The topological polar surface area (TPSA) is 97.6 Å². The van der Waals surface area contributed by atoms with Gasteiger partial charge in [0, 0.05) is 26.2 Å². The number of hydrogen-bond acceptors (Lipinski definition) is 7. The summed E-state index contributed by atoms with van der Waals surface area (Å²) in [6.07, 6.45) is 1.86. The maximum absolute atomic E-state index is 13.1. The second-order valence-corrected chi connectivity index (χ2v) is 10.6. The van der Waals surface area contributed by atoms with Gasteiger partial charge in [-0.15, -0.1) is 5.10 Å². The van der Waals surface area contributed by atoms with E-state index in [9.17, 15) is 13.2 Å². The maximum atomic E-state index is 13.1. The van der Waals surface area contributed by atoms with Crippen LogP contribution in [0.15, 0.2) is 60.8 Å². The molecular formula is C24H29N5O4S. The summed E-state index contributed by atoms with van der Waals surface area (Å²) in [5, 5.41) is 8.47. The highest BCUT2D eigenvalue weighted by molar-refractivity contribution is 7.89. The number of carbonyl (C=O) groups is 1. The van der Waals surface area contributed by atoms with Crippen molar-refractivity contribution in [2.45, 2.75) is 32.6 Å². The average molecular weight is 484 g/mol. The molecule has 0 aliphatic carbocycles. The van der Waals surface area contributed by atoms with Gasteiger partial charge in [0.1, 0.15) is 6.04 Å². The monoisotopic (exact) mass is 483 g/mol. The number of rotatable bonds is 7. The van der Waals surface area contributed by atoms with Gasteiger partial charge in [-0.25, -0.2) is 13.1 Å². The third-order valence-electron chi connectivity index (χ3n) is 5.89. The summed E-state index contributed by atoms with van der Waals surface area (Å²) in [4.78, 5) is 14.6. The molecule has 1 aliphatic heterocycles. The Morgan fingerprint density at radius 2 is 1.74 bits per heavy atom. The second kappa shape index (κ2) is 10.5. The van der Waals surface area contributed by atoms with Crippen molar-refractivity contribution in [1.82, 2.24) is 24.2 Å². The number of aryl methyl sites for hydroxylation is 1. The molecule has 34 heavy (non-hydrogen) atoms. The Balaban J connectivity index is 1.50. The lowest BCUT2D eigenvalue weighted by atomic mass is 10.1. The first-order chi connectivity index (χ1) is 16.3. The predicted molar refractivity (Wildman–Crippen MR) is 127 cm³/mol. The van der Waals surface area contributed by atoms with E-state index in [-0.39, 0.29) is 25.4 Å². The van der Waals surface area contributed by atoms with E-state index in [4.69, 9.17) is 4.74 Å². The molecule has 4 rings (SSSR count). The van der Waals surface area contributed by atoms with Crippen molar-refractivity contribution in [2.75, 3.05) is 26.0 Å². The van der Waals surface area contributed by atoms with Gasteiger partial charge in [0.2, 0.25) is 10.0 Å². The Bertz CT molecular complexity index is 1210. The Morgan fingerprint density at radius 3 is 2.44 bits per heavy atom. The van der Waals surface area contributed by atoms with E-state index in [0.717, 1.165) is 11.1 Å². The van der Waals surface area contributed by atoms with Crippen molar-refractivity contribution >= 4 is 16.0 Å². The van der Waals surface area contributed by atoms with Crippen molar-refractivity contribution in [3.63, 3.8) is 0 Å². The number of esters is 1. The lowest BCUT2D eigenvalue weighted by molar-refractivity contribution is -0.145. The van der Waals surface area contributed by atoms with Crippen LogP contribution in [0, 0.1) is 6.92 Å². The summed E-state index contributed by atoms with van der Waals surface area (Å²) in [5.74, 6) is -0.667. The zero-order chi connectivity index (χ0) is 24.1. The number of hydrogen-bond donors (Lipinski definition) is 0. The zero-order valence-corrected chi connectivity index (χ0v) is 20.2. The number of carbonyl (C=O) groups excluding carboxylic acids is 1. The van der Waals surface area contributed by atoms with Gasteiger partial charge in [0.25, 0.3) is 0 Å². The van der Waals surface area contributed by atoms with Crippen molar-refractivity contribution in [3.8, 4) is 0 Å². The summed E-state index contributed by atoms with van der Waals surface area (Å²) in [6.45, 7) is 3.63. The SMILES string of the molecule is COC(=O)C1CN(Cc2cn(Cc3ccc(C)cc3)nn2)CCS(=O)(=O)N1Cc1ccccc1. The van der Waals surface area contributed by atoms with Crippen molar-refractivity contribution < 1.29 is 17.9 Å². The van der Waals surface area contributed by atoms with Gasteiger partial charge in [-0.05, 0) is 18.1 Å². The summed E-state index contributed by atoms with van der Waals surface area (Å²) in [6, 6.07) is 16.5. The molecule has 1 atom stereocenters. The lowest BCUT2D eigenvalue weighted by Gasteiger charge is -2.28. The first-order valence-electron chi connectivity index (χ1n) is 11.1. The van der Waals surface area contributed by atoms with E-state index in [1.165, 1.54) is 17.0 Å². The van der Waals surface area contributed by atoms with E-state index >= 15 is 0 Å². The van der Waals surface area contributed by atoms with Crippen LogP contribution in [-0.2, 0) is 39.2 Å². The van der Waals surface area contributed by atoms with E-state index in [2.05, 4.69) is 34.6 Å². The molecule has 0 amide bonds. The van der Waals surface area contributed by atoms with Crippen LogP contribution in [-0.4, -0.2) is 70.6 Å². The number of ether oxygens (including phenoxy) is 1. The van der Waals surface area contributed by atoms with Gasteiger partial charge in [-0.1, -0.05) is 65.4 Å². The standard InChI is InChI=1S/C24H29N5O4S/c1-19-8-10-21(11-9-19)14-28-17-22(25-26-28)16-27-12-13-34(31,32)29(23(18-27)24(30)33-2)15-20-6-4-3-5-7-20/h3-11,17,23H,12-16,18H2,1-2H3. The molecule has 1 unspecified atom stereocenters. The van der Waals surface area contributed by atoms with Crippen LogP contribution in [0.3, 0.4) is 0 Å². The molecule has 0 radical (unpaired) electrons. The van der Waals surface area contributed by atoms with Gasteiger partial charge in [0.15, 0.2) is 0 Å².